The molecular weight excluding hydrogens is 156 g/mol. The van der Waals surface area contributed by atoms with Crippen LogP contribution in [0.5, 0.6) is 0 Å². The molecule has 0 radical (unpaired) electrons. The molecule has 1 aliphatic rings. The average Bonchev–Trinajstić information content (AvgIpc) is 2.55. The van der Waals surface area contributed by atoms with Gasteiger partial charge in [0.15, 0.2) is 0 Å². The fourth-order valence-electron chi connectivity index (χ4n) is 1.53. The van der Waals surface area contributed by atoms with Gasteiger partial charge >= 0.3 is 5.97 Å². The van der Waals surface area contributed by atoms with Crippen molar-refractivity contribution in [2.75, 3.05) is 20.3 Å². The van der Waals surface area contributed by atoms with Crippen LogP contribution in [0, 0.1) is 11.3 Å². The lowest BCUT2D eigenvalue weighted by Crippen LogP contribution is -2.34. The molecule has 0 aromatic heterocycles. The second-order valence-corrected chi connectivity index (χ2v) is 3.77. The van der Waals surface area contributed by atoms with Crippen LogP contribution in [0.2, 0.25) is 0 Å². The highest BCUT2D eigenvalue weighted by molar-refractivity contribution is 5.76. The Kier molecular flexibility index (Phi) is 2.73. The van der Waals surface area contributed by atoms with Crippen LogP contribution in [0.1, 0.15) is 20.3 Å². The van der Waals surface area contributed by atoms with Gasteiger partial charge in [0.25, 0.3) is 0 Å². The van der Waals surface area contributed by atoms with Crippen LogP contribution in [0.25, 0.3) is 0 Å². The molecule has 1 heterocycles. The number of rotatable bonds is 2. The minimum atomic E-state index is -0.398. The van der Waals surface area contributed by atoms with Crippen molar-refractivity contribution < 1.29 is 14.3 Å². The van der Waals surface area contributed by atoms with Crippen LogP contribution < -0.4 is 0 Å². The summed E-state index contributed by atoms with van der Waals surface area (Å²) in [5.41, 5.74) is -0.398. The number of methoxy groups -OCH3 is 1. The fraction of sp³-hybridized carbons (Fsp3) is 0.889. The first-order valence-corrected chi connectivity index (χ1v) is 4.25. The van der Waals surface area contributed by atoms with Gasteiger partial charge in [0, 0.05) is 6.61 Å². The average molecular weight is 172 g/mol. The summed E-state index contributed by atoms with van der Waals surface area (Å²) < 4.78 is 9.96. The van der Waals surface area contributed by atoms with Crippen LogP contribution in [0.3, 0.4) is 0 Å². The quantitative estimate of drug-likeness (QED) is 0.587. The SMILES string of the molecule is COC(=O)C(C)(C)[C@H]1CCOC1. The molecule has 0 aromatic rings. The van der Waals surface area contributed by atoms with E-state index in [1.807, 2.05) is 13.8 Å². The van der Waals surface area contributed by atoms with Crippen molar-refractivity contribution in [2.45, 2.75) is 20.3 Å². The first-order valence-electron chi connectivity index (χ1n) is 4.25. The summed E-state index contributed by atoms with van der Waals surface area (Å²) in [5.74, 6) is 0.169. The van der Waals surface area contributed by atoms with Gasteiger partial charge in [-0.2, -0.15) is 0 Å². The van der Waals surface area contributed by atoms with Gasteiger partial charge in [0.1, 0.15) is 0 Å². The Bertz CT molecular complexity index is 169. The summed E-state index contributed by atoms with van der Waals surface area (Å²) in [4.78, 5) is 11.3. The van der Waals surface area contributed by atoms with Gasteiger partial charge in [-0.3, -0.25) is 4.79 Å². The largest absolute Gasteiger partial charge is 0.469 e. The highest BCUT2D eigenvalue weighted by Crippen LogP contribution is 2.33. The zero-order valence-electron chi connectivity index (χ0n) is 7.92. The molecule has 1 saturated heterocycles. The summed E-state index contributed by atoms with van der Waals surface area (Å²) in [7, 11) is 1.43. The molecule has 1 fully saturated rings. The summed E-state index contributed by atoms with van der Waals surface area (Å²) in [6.45, 7) is 5.28. The summed E-state index contributed by atoms with van der Waals surface area (Å²) >= 11 is 0. The molecule has 0 N–H and O–H groups in total. The molecule has 0 aliphatic carbocycles. The van der Waals surface area contributed by atoms with Crippen molar-refractivity contribution in [1.82, 2.24) is 0 Å². The van der Waals surface area contributed by atoms with E-state index < -0.39 is 5.41 Å². The number of ether oxygens (including phenoxy) is 2. The van der Waals surface area contributed by atoms with E-state index >= 15 is 0 Å². The van der Waals surface area contributed by atoms with Gasteiger partial charge < -0.3 is 9.47 Å². The van der Waals surface area contributed by atoms with E-state index in [-0.39, 0.29) is 5.97 Å². The minimum absolute atomic E-state index is 0.141. The molecule has 0 bridgehead atoms. The van der Waals surface area contributed by atoms with Crippen molar-refractivity contribution in [3.63, 3.8) is 0 Å². The minimum Gasteiger partial charge on any atom is -0.469 e. The molecular formula is C9H16O3. The molecule has 1 aliphatic heterocycles. The van der Waals surface area contributed by atoms with Gasteiger partial charge in [-0.25, -0.2) is 0 Å². The third-order valence-electron chi connectivity index (χ3n) is 2.66. The molecule has 0 spiro atoms. The van der Waals surface area contributed by atoms with Gasteiger partial charge in [-0.05, 0) is 26.2 Å². The molecule has 3 heteroatoms. The molecule has 12 heavy (non-hydrogen) atoms. The normalized spacial score (nSPS) is 24.1. The van der Waals surface area contributed by atoms with E-state index in [0.717, 1.165) is 13.0 Å². The van der Waals surface area contributed by atoms with Crippen molar-refractivity contribution in [1.29, 1.82) is 0 Å². The van der Waals surface area contributed by atoms with Crippen molar-refractivity contribution in [2.24, 2.45) is 11.3 Å². The van der Waals surface area contributed by atoms with Gasteiger partial charge in [-0.1, -0.05) is 0 Å². The lowest BCUT2D eigenvalue weighted by Gasteiger charge is -2.26. The maximum atomic E-state index is 11.3. The van der Waals surface area contributed by atoms with E-state index in [0.29, 0.717) is 12.5 Å². The van der Waals surface area contributed by atoms with Crippen molar-refractivity contribution in [3.05, 3.63) is 0 Å². The lowest BCUT2D eigenvalue weighted by molar-refractivity contribution is -0.154. The first kappa shape index (κ1) is 9.52. The Labute approximate surface area is 73.0 Å². The highest BCUT2D eigenvalue weighted by atomic mass is 16.5. The summed E-state index contributed by atoms with van der Waals surface area (Å²) in [6.07, 6.45) is 0.960. The lowest BCUT2D eigenvalue weighted by atomic mass is 9.78. The summed E-state index contributed by atoms with van der Waals surface area (Å²) in [5, 5.41) is 0. The zero-order valence-corrected chi connectivity index (χ0v) is 7.92. The van der Waals surface area contributed by atoms with Crippen LogP contribution in [0.15, 0.2) is 0 Å². The molecule has 1 rings (SSSR count). The first-order chi connectivity index (χ1) is 5.59. The standard InChI is InChI=1S/C9H16O3/c1-9(2,8(10)11-3)7-4-5-12-6-7/h7H,4-6H2,1-3H3/t7-/m0/s1. The molecule has 0 saturated carbocycles. The van der Waals surface area contributed by atoms with Crippen LogP contribution in [-0.4, -0.2) is 26.3 Å². The van der Waals surface area contributed by atoms with Gasteiger partial charge in [0.2, 0.25) is 0 Å². The Hall–Kier alpha value is -0.570. The molecule has 70 valence electrons. The Morgan fingerprint density at radius 2 is 2.25 bits per heavy atom. The maximum Gasteiger partial charge on any atom is 0.311 e. The predicted molar refractivity (Wildman–Crippen MR) is 44.7 cm³/mol. The van der Waals surface area contributed by atoms with Crippen molar-refractivity contribution >= 4 is 5.97 Å². The molecule has 0 amide bonds. The second-order valence-electron chi connectivity index (χ2n) is 3.77. The second kappa shape index (κ2) is 3.44. The molecule has 3 nitrogen and oxygen atoms in total. The molecule has 0 unspecified atom stereocenters. The number of hydrogen-bond acceptors (Lipinski definition) is 3. The Morgan fingerprint density at radius 1 is 1.58 bits per heavy atom. The van der Waals surface area contributed by atoms with Gasteiger partial charge in [-0.15, -0.1) is 0 Å². The Morgan fingerprint density at radius 3 is 2.67 bits per heavy atom. The number of hydrogen-bond donors (Lipinski definition) is 0. The predicted octanol–water partition coefficient (Wildman–Crippen LogP) is 1.22. The number of carbonyl (C=O) groups excluding carboxylic acids is 1. The maximum absolute atomic E-state index is 11.3. The Balaban J connectivity index is 2.62. The monoisotopic (exact) mass is 172 g/mol. The smallest absolute Gasteiger partial charge is 0.311 e. The molecule has 0 aromatic carbocycles. The van der Waals surface area contributed by atoms with E-state index in [2.05, 4.69) is 0 Å². The topological polar surface area (TPSA) is 35.5 Å². The van der Waals surface area contributed by atoms with E-state index in [1.54, 1.807) is 0 Å². The van der Waals surface area contributed by atoms with Crippen LogP contribution >= 0.6 is 0 Å². The third-order valence-corrected chi connectivity index (χ3v) is 2.66. The highest BCUT2D eigenvalue weighted by Gasteiger charge is 2.39. The zero-order chi connectivity index (χ0) is 9.19. The molecule has 1 atom stereocenters. The van der Waals surface area contributed by atoms with E-state index in [1.165, 1.54) is 7.11 Å². The van der Waals surface area contributed by atoms with Gasteiger partial charge in [0.05, 0.1) is 19.1 Å². The van der Waals surface area contributed by atoms with Crippen LogP contribution in [0.4, 0.5) is 0 Å². The van der Waals surface area contributed by atoms with Crippen molar-refractivity contribution in [3.8, 4) is 0 Å². The van der Waals surface area contributed by atoms with E-state index in [9.17, 15) is 4.79 Å². The summed E-state index contributed by atoms with van der Waals surface area (Å²) in [6, 6.07) is 0. The third kappa shape index (κ3) is 1.61. The fourth-order valence-corrected chi connectivity index (χ4v) is 1.53. The number of esters is 1. The van der Waals surface area contributed by atoms with Crippen LogP contribution in [-0.2, 0) is 14.3 Å². The van der Waals surface area contributed by atoms with E-state index in [4.69, 9.17) is 9.47 Å². The number of carbonyl (C=O) groups is 1.